The Kier molecular flexibility index (Phi) is 3.33. The summed E-state index contributed by atoms with van der Waals surface area (Å²) in [5.74, 6) is 0.860. The smallest absolute Gasteiger partial charge is 0.269 e. The van der Waals surface area contributed by atoms with E-state index in [-0.39, 0.29) is 11.7 Å². The fraction of sp³-hybridized carbons (Fsp3) is 0.273. The molecule has 7 nitrogen and oxygen atoms in total. The molecule has 0 aliphatic heterocycles. The molecule has 1 unspecified atom stereocenters. The van der Waals surface area contributed by atoms with Crippen molar-refractivity contribution in [2.75, 3.05) is 0 Å². The third-order valence-electron chi connectivity index (χ3n) is 2.30. The predicted molar refractivity (Wildman–Crippen MR) is 63.7 cm³/mol. The summed E-state index contributed by atoms with van der Waals surface area (Å²) in [6.45, 7) is 1.84. The monoisotopic (exact) mass is 248 g/mol. The van der Waals surface area contributed by atoms with E-state index in [0.29, 0.717) is 23.7 Å². The van der Waals surface area contributed by atoms with Gasteiger partial charge in [-0.2, -0.15) is 4.98 Å². The summed E-state index contributed by atoms with van der Waals surface area (Å²) < 4.78 is 5.03. The first-order valence-electron chi connectivity index (χ1n) is 5.39. The fourth-order valence-electron chi connectivity index (χ4n) is 1.46. The van der Waals surface area contributed by atoms with E-state index in [1.165, 1.54) is 12.1 Å². The lowest BCUT2D eigenvalue weighted by atomic mass is 10.2. The first-order valence-corrected chi connectivity index (χ1v) is 5.39. The van der Waals surface area contributed by atoms with Crippen molar-refractivity contribution < 1.29 is 9.45 Å². The van der Waals surface area contributed by atoms with E-state index in [2.05, 4.69) is 10.1 Å². The molecule has 0 aliphatic rings. The van der Waals surface area contributed by atoms with E-state index in [9.17, 15) is 10.1 Å². The van der Waals surface area contributed by atoms with Gasteiger partial charge in [-0.3, -0.25) is 10.1 Å². The standard InChI is InChI=1S/C11H12N4O3/c1-7(12)6-10-13-11(14-18-10)8-2-4-9(5-3-8)15(16)17/h2-5,7H,6,12H2,1H3. The highest BCUT2D eigenvalue weighted by molar-refractivity contribution is 5.56. The zero-order valence-corrected chi connectivity index (χ0v) is 9.74. The molecule has 0 fully saturated rings. The van der Waals surface area contributed by atoms with E-state index in [4.69, 9.17) is 10.3 Å². The van der Waals surface area contributed by atoms with Gasteiger partial charge in [0.15, 0.2) is 0 Å². The first kappa shape index (κ1) is 12.2. The molecule has 0 aliphatic carbocycles. The molecule has 0 bridgehead atoms. The van der Waals surface area contributed by atoms with Crippen LogP contribution in [-0.2, 0) is 6.42 Å². The number of aromatic nitrogens is 2. The largest absolute Gasteiger partial charge is 0.339 e. The topological polar surface area (TPSA) is 108 Å². The maximum atomic E-state index is 10.5. The molecular weight excluding hydrogens is 236 g/mol. The van der Waals surface area contributed by atoms with Crippen LogP contribution < -0.4 is 5.73 Å². The third-order valence-corrected chi connectivity index (χ3v) is 2.30. The van der Waals surface area contributed by atoms with Crippen LogP contribution in [0.2, 0.25) is 0 Å². The minimum atomic E-state index is -0.457. The average Bonchev–Trinajstić information content (AvgIpc) is 2.76. The molecule has 1 aromatic carbocycles. The van der Waals surface area contributed by atoms with Gasteiger partial charge in [-0.05, 0) is 19.1 Å². The Balaban J connectivity index is 2.20. The maximum Gasteiger partial charge on any atom is 0.269 e. The number of nitrogens with zero attached hydrogens (tertiary/aromatic N) is 3. The highest BCUT2D eigenvalue weighted by Crippen LogP contribution is 2.19. The molecule has 2 N–H and O–H groups in total. The van der Waals surface area contributed by atoms with Crippen LogP contribution in [-0.4, -0.2) is 21.1 Å². The molecule has 2 aromatic rings. The van der Waals surface area contributed by atoms with Crippen LogP contribution >= 0.6 is 0 Å². The molecule has 1 atom stereocenters. The van der Waals surface area contributed by atoms with Gasteiger partial charge in [0.25, 0.3) is 5.69 Å². The van der Waals surface area contributed by atoms with Gasteiger partial charge in [0.1, 0.15) is 0 Å². The van der Waals surface area contributed by atoms with Gasteiger partial charge in [0.2, 0.25) is 11.7 Å². The number of non-ortho nitro benzene ring substituents is 1. The van der Waals surface area contributed by atoms with E-state index in [1.807, 2.05) is 6.92 Å². The van der Waals surface area contributed by atoms with Crippen LogP contribution in [0.15, 0.2) is 28.8 Å². The van der Waals surface area contributed by atoms with Crippen molar-refractivity contribution in [2.24, 2.45) is 5.73 Å². The molecule has 0 amide bonds. The highest BCUT2D eigenvalue weighted by atomic mass is 16.6. The number of nitro groups is 1. The molecule has 0 spiro atoms. The van der Waals surface area contributed by atoms with Crippen LogP contribution in [0.1, 0.15) is 12.8 Å². The summed E-state index contributed by atoms with van der Waals surface area (Å²) in [5, 5.41) is 14.3. The van der Waals surface area contributed by atoms with E-state index >= 15 is 0 Å². The lowest BCUT2D eigenvalue weighted by Crippen LogP contribution is -2.17. The van der Waals surface area contributed by atoms with Crippen molar-refractivity contribution >= 4 is 5.69 Å². The molecule has 18 heavy (non-hydrogen) atoms. The fourth-order valence-corrected chi connectivity index (χ4v) is 1.46. The summed E-state index contributed by atoms with van der Waals surface area (Å²) in [4.78, 5) is 14.2. The van der Waals surface area contributed by atoms with Gasteiger partial charge in [0.05, 0.1) is 4.92 Å². The maximum absolute atomic E-state index is 10.5. The van der Waals surface area contributed by atoms with Crippen LogP contribution in [0.5, 0.6) is 0 Å². The predicted octanol–water partition coefficient (Wildman–Crippen LogP) is 1.53. The zero-order chi connectivity index (χ0) is 13.1. The Morgan fingerprint density at radius 2 is 2.11 bits per heavy atom. The van der Waals surface area contributed by atoms with Crippen molar-refractivity contribution in [3.05, 3.63) is 40.3 Å². The van der Waals surface area contributed by atoms with Crippen LogP contribution in [0.3, 0.4) is 0 Å². The lowest BCUT2D eigenvalue weighted by Gasteiger charge is -1.97. The molecule has 0 saturated carbocycles. The average molecular weight is 248 g/mol. The minimum absolute atomic E-state index is 0.0260. The summed E-state index contributed by atoms with van der Waals surface area (Å²) in [6, 6.07) is 5.90. The number of rotatable bonds is 4. The van der Waals surface area contributed by atoms with Gasteiger partial charge < -0.3 is 10.3 Å². The van der Waals surface area contributed by atoms with Crippen molar-refractivity contribution in [3.63, 3.8) is 0 Å². The Bertz CT molecular complexity index is 548. The highest BCUT2D eigenvalue weighted by Gasteiger charge is 2.11. The Morgan fingerprint density at radius 1 is 1.44 bits per heavy atom. The lowest BCUT2D eigenvalue weighted by molar-refractivity contribution is -0.384. The van der Waals surface area contributed by atoms with Gasteiger partial charge >= 0.3 is 0 Å². The molecule has 1 aromatic heterocycles. The van der Waals surface area contributed by atoms with E-state index in [0.717, 1.165) is 0 Å². The molecular formula is C11H12N4O3. The summed E-state index contributed by atoms with van der Waals surface area (Å²) in [6.07, 6.45) is 0.500. The molecule has 0 saturated heterocycles. The second kappa shape index (κ2) is 4.92. The van der Waals surface area contributed by atoms with E-state index in [1.54, 1.807) is 12.1 Å². The van der Waals surface area contributed by atoms with Gasteiger partial charge in [0, 0.05) is 30.2 Å². The zero-order valence-electron chi connectivity index (χ0n) is 9.74. The van der Waals surface area contributed by atoms with Gasteiger partial charge in [-0.1, -0.05) is 5.16 Å². The van der Waals surface area contributed by atoms with Crippen LogP contribution in [0, 0.1) is 10.1 Å². The second-order valence-corrected chi connectivity index (χ2v) is 4.00. The minimum Gasteiger partial charge on any atom is -0.339 e. The summed E-state index contributed by atoms with van der Waals surface area (Å²) >= 11 is 0. The molecule has 94 valence electrons. The van der Waals surface area contributed by atoms with Gasteiger partial charge in [-0.15, -0.1) is 0 Å². The van der Waals surface area contributed by atoms with Crippen LogP contribution in [0.25, 0.3) is 11.4 Å². The molecule has 2 rings (SSSR count). The van der Waals surface area contributed by atoms with Crippen LogP contribution in [0.4, 0.5) is 5.69 Å². The summed E-state index contributed by atoms with van der Waals surface area (Å²) in [5.41, 5.74) is 6.32. The van der Waals surface area contributed by atoms with Crippen molar-refractivity contribution in [1.29, 1.82) is 0 Å². The number of hydrogen-bond acceptors (Lipinski definition) is 6. The Hall–Kier alpha value is -2.28. The molecule has 0 radical (unpaired) electrons. The SMILES string of the molecule is CC(N)Cc1nc(-c2ccc([N+](=O)[O-])cc2)no1. The van der Waals surface area contributed by atoms with Crippen molar-refractivity contribution in [3.8, 4) is 11.4 Å². The third kappa shape index (κ3) is 2.69. The quantitative estimate of drug-likeness (QED) is 0.649. The number of nitrogens with two attached hydrogens (primary N) is 1. The second-order valence-electron chi connectivity index (χ2n) is 4.00. The first-order chi connectivity index (χ1) is 8.56. The normalized spacial score (nSPS) is 12.3. The summed E-state index contributed by atoms with van der Waals surface area (Å²) in [7, 11) is 0. The number of hydrogen-bond donors (Lipinski definition) is 1. The van der Waals surface area contributed by atoms with E-state index < -0.39 is 4.92 Å². The Morgan fingerprint density at radius 3 is 2.67 bits per heavy atom. The van der Waals surface area contributed by atoms with Crippen molar-refractivity contribution in [2.45, 2.75) is 19.4 Å². The number of benzene rings is 1. The molecule has 1 heterocycles. The van der Waals surface area contributed by atoms with Gasteiger partial charge in [-0.25, -0.2) is 0 Å². The van der Waals surface area contributed by atoms with Crippen molar-refractivity contribution in [1.82, 2.24) is 10.1 Å². The number of nitro benzene ring substituents is 1. The Labute approximate surface area is 103 Å². The molecule has 7 heteroatoms.